The second kappa shape index (κ2) is 6.42. The van der Waals surface area contributed by atoms with E-state index in [0.717, 1.165) is 12.8 Å². The molecule has 0 radical (unpaired) electrons. The average molecular weight is 293 g/mol. The molecular weight excluding hydrogens is 278 g/mol. The van der Waals surface area contributed by atoms with Crippen molar-refractivity contribution in [1.82, 2.24) is 10.7 Å². The van der Waals surface area contributed by atoms with Gasteiger partial charge in [-0.15, -0.1) is 0 Å². The molecule has 0 saturated carbocycles. The molecule has 1 aliphatic heterocycles. The quantitative estimate of drug-likeness (QED) is 0.788. The van der Waals surface area contributed by atoms with Crippen molar-refractivity contribution < 1.29 is 14.7 Å². The first-order valence-corrected chi connectivity index (χ1v) is 7.13. The molecule has 106 valence electrons. The molecular formula is C13H15N3O3S. The average Bonchev–Trinajstić information content (AvgIpc) is 2.86. The predicted molar refractivity (Wildman–Crippen MR) is 77.7 cm³/mol. The summed E-state index contributed by atoms with van der Waals surface area (Å²) >= 11 is 1.43. The highest BCUT2D eigenvalue weighted by Gasteiger charge is 2.22. The Morgan fingerprint density at radius 3 is 2.75 bits per heavy atom. The number of hydrogen-bond donors (Lipinski definition) is 3. The molecule has 0 aromatic heterocycles. The van der Waals surface area contributed by atoms with E-state index in [1.807, 2.05) is 0 Å². The molecule has 1 amide bonds. The van der Waals surface area contributed by atoms with Crippen LogP contribution in [0.3, 0.4) is 0 Å². The second-order valence-corrected chi connectivity index (χ2v) is 5.44. The van der Waals surface area contributed by atoms with Gasteiger partial charge in [0.15, 0.2) is 5.17 Å². The molecule has 20 heavy (non-hydrogen) atoms. The molecule has 1 atom stereocenters. The maximum Gasteiger partial charge on any atom is 0.336 e. The minimum absolute atomic E-state index is 0.0216. The Balaban J connectivity index is 2.05. The van der Waals surface area contributed by atoms with Crippen LogP contribution in [0, 0.1) is 0 Å². The van der Waals surface area contributed by atoms with E-state index in [1.165, 1.54) is 23.9 Å². The van der Waals surface area contributed by atoms with E-state index in [4.69, 9.17) is 5.11 Å². The van der Waals surface area contributed by atoms with Crippen molar-refractivity contribution in [3.63, 3.8) is 0 Å². The number of nitrogens with one attached hydrogen (secondary N) is 2. The van der Waals surface area contributed by atoms with Crippen LogP contribution in [0.25, 0.3) is 0 Å². The van der Waals surface area contributed by atoms with E-state index in [9.17, 15) is 9.59 Å². The van der Waals surface area contributed by atoms with Crippen LogP contribution in [-0.4, -0.2) is 27.5 Å². The molecule has 0 spiro atoms. The molecule has 7 heteroatoms. The maximum atomic E-state index is 12.1. The van der Waals surface area contributed by atoms with Gasteiger partial charge in [-0.1, -0.05) is 37.2 Å². The van der Waals surface area contributed by atoms with Gasteiger partial charge in [0.1, 0.15) is 0 Å². The number of aromatic carboxylic acids is 1. The fraction of sp³-hybridized carbons (Fsp3) is 0.308. The third-order valence-electron chi connectivity index (χ3n) is 2.74. The maximum absolute atomic E-state index is 12.1. The number of hydrogen-bond acceptors (Lipinski definition) is 5. The number of benzene rings is 1. The monoisotopic (exact) mass is 293 g/mol. The summed E-state index contributed by atoms with van der Waals surface area (Å²) in [5, 5.41) is 16.3. The first-order chi connectivity index (χ1) is 9.61. The highest BCUT2D eigenvalue weighted by molar-refractivity contribution is 8.14. The van der Waals surface area contributed by atoms with Gasteiger partial charge in [-0.2, -0.15) is 5.10 Å². The number of nitrogens with zero attached hydrogens (tertiary/aromatic N) is 1. The van der Waals surface area contributed by atoms with Gasteiger partial charge in [0.2, 0.25) is 0 Å². The number of amides is 1. The van der Waals surface area contributed by atoms with E-state index >= 15 is 0 Å². The van der Waals surface area contributed by atoms with Crippen molar-refractivity contribution in [2.45, 2.75) is 25.1 Å². The van der Waals surface area contributed by atoms with Crippen molar-refractivity contribution in [3.8, 4) is 0 Å². The van der Waals surface area contributed by atoms with E-state index < -0.39 is 11.9 Å². The van der Waals surface area contributed by atoms with Gasteiger partial charge in [0, 0.05) is 0 Å². The lowest BCUT2D eigenvalue weighted by atomic mass is 10.1. The van der Waals surface area contributed by atoms with Gasteiger partial charge in [-0.3, -0.25) is 15.5 Å². The van der Waals surface area contributed by atoms with Gasteiger partial charge >= 0.3 is 5.97 Å². The van der Waals surface area contributed by atoms with Gasteiger partial charge in [0.05, 0.1) is 16.5 Å². The van der Waals surface area contributed by atoms with E-state index in [-0.39, 0.29) is 16.5 Å². The van der Waals surface area contributed by atoms with Crippen molar-refractivity contribution in [1.29, 1.82) is 0 Å². The number of hydrazone groups is 1. The summed E-state index contributed by atoms with van der Waals surface area (Å²) in [6.45, 7) is 2.07. The Labute approximate surface area is 120 Å². The molecule has 2 rings (SSSR count). The fourth-order valence-electron chi connectivity index (χ4n) is 1.79. The standard InChI is InChI=1S/C13H15N3O3S/c1-2-5-10-15-16-13(20-10)14-11(17)8-6-3-4-7-9(8)12(18)19/h3-4,6-7,10,15H,2,5H2,1H3,(H,18,19)(H,14,16,17). The van der Waals surface area contributed by atoms with Crippen molar-refractivity contribution in [2.24, 2.45) is 5.10 Å². The Morgan fingerprint density at radius 1 is 1.40 bits per heavy atom. The summed E-state index contributed by atoms with van der Waals surface area (Å²) in [5.41, 5.74) is 3.03. The van der Waals surface area contributed by atoms with Crippen LogP contribution >= 0.6 is 11.8 Å². The topological polar surface area (TPSA) is 90.8 Å². The highest BCUT2D eigenvalue weighted by Crippen LogP contribution is 2.20. The molecule has 1 aromatic rings. The van der Waals surface area contributed by atoms with Gasteiger partial charge in [-0.05, 0) is 18.6 Å². The number of carboxylic acids is 1. The third-order valence-corrected chi connectivity index (χ3v) is 3.78. The number of carbonyl (C=O) groups excluding carboxylic acids is 1. The van der Waals surface area contributed by atoms with Crippen LogP contribution < -0.4 is 10.7 Å². The zero-order valence-corrected chi connectivity index (χ0v) is 11.7. The molecule has 1 unspecified atom stereocenters. The number of thioether (sulfide) groups is 1. The van der Waals surface area contributed by atoms with Crippen LogP contribution in [0.2, 0.25) is 0 Å². The lowest BCUT2D eigenvalue weighted by molar-refractivity contribution is 0.0691. The third kappa shape index (κ3) is 3.30. The van der Waals surface area contributed by atoms with E-state index in [1.54, 1.807) is 12.1 Å². The SMILES string of the molecule is CCCC1NN=C(NC(=O)c2ccccc2C(=O)O)S1. The summed E-state index contributed by atoms with van der Waals surface area (Å²) in [6, 6.07) is 6.10. The van der Waals surface area contributed by atoms with Crippen LogP contribution in [0.15, 0.2) is 29.4 Å². The van der Waals surface area contributed by atoms with Crippen LogP contribution in [0.5, 0.6) is 0 Å². The Hall–Kier alpha value is -2.02. The lowest BCUT2D eigenvalue weighted by Crippen LogP contribution is -2.29. The van der Waals surface area contributed by atoms with Crippen LogP contribution in [-0.2, 0) is 0 Å². The number of amidine groups is 1. The summed E-state index contributed by atoms with van der Waals surface area (Å²) in [4.78, 5) is 23.2. The Morgan fingerprint density at radius 2 is 2.10 bits per heavy atom. The van der Waals surface area contributed by atoms with Gasteiger partial charge < -0.3 is 5.11 Å². The highest BCUT2D eigenvalue weighted by atomic mass is 32.2. The molecule has 1 aromatic carbocycles. The summed E-state index contributed by atoms with van der Waals surface area (Å²) in [6.07, 6.45) is 1.96. The largest absolute Gasteiger partial charge is 0.478 e. The van der Waals surface area contributed by atoms with Gasteiger partial charge in [-0.25, -0.2) is 4.79 Å². The molecule has 1 aliphatic rings. The minimum Gasteiger partial charge on any atom is -0.478 e. The van der Waals surface area contributed by atoms with Crippen molar-refractivity contribution >= 4 is 28.8 Å². The number of rotatable bonds is 4. The molecule has 6 nitrogen and oxygen atoms in total. The second-order valence-electron chi connectivity index (χ2n) is 4.25. The van der Waals surface area contributed by atoms with Crippen LogP contribution in [0.4, 0.5) is 0 Å². The van der Waals surface area contributed by atoms with E-state index in [0.29, 0.717) is 5.17 Å². The minimum atomic E-state index is -1.13. The number of carbonyl (C=O) groups is 2. The normalized spacial score (nSPS) is 17.2. The van der Waals surface area contributed by atoms with Crippen LogP contribution in [0.1, 0.15) is 40.5 Å². The molecule has 0 saturated heterocycles. The molecule has 3 N–H and O–H groups in total. The summed E-state index contributed by atoms with van der Waals surface area (Å²) in [7, 11) is 0. The lowest BCUT2D eigenvalue weighted by Gasteiger charge is -2.08. The molecule has 0 bridgehead atoms. The zero-order chi connectivity index (χ0) is 14.5. The first-order valence-electron chi connectivity index (χ1n) is 6.25. The number of carboxylic acid groups (broad SMARTS) is 1. The molecule has 0 aliphatic carbocycles. The van der Waals surface area contributed by atoms with Gasteiger partial charge in [0.25, 0.3) is 5.91 Å². The van der Waals surface area contributed by atoms with Crippen molar-refractivity contribution in [2.75, 3.05) is 0 Å². The smallest absolute Gasteiger partial charge is 0.336 e. The Kier molecular flexibility index (Phi) is 4.62. The zero-order valence-electron chi connectivity index (χ0n) is 10.9. The molecule has 0 fully saturated rings. The van der Waals surface area contributed by atoms with E-state index in [2.05, 4.69) is 22.8 Å². The molecule has 1 heterocycles. The summed E-state index contributed by atoms with van der Waals surface area (Å²) < 4.78 is 0. The fourth-order valence-corrected chi connectivity index (χ4v) is 2.78. The van der Waals surface area contributed by atoms with Crippen molar-refractivity contribution in [3.05, 3.63) is 35.4 Å². The Bertz CT molecular complexity index is 560. The summed E-state index contributed by atoms with van der Waals surface area (Å²) in [5.74, 6) is -1.59. The first kappa shape index (κ1) is 14.4. The predicted octanol–water partition coefficient (Wildman–Crippen LogP) is 1.85.